The van der Waals surface area contributed by atoms with Crippen LogP contribution >= 0.6 is 0 Å². The third kappa shape index (κ3) is 3.35. The van der Waals surface area contributed by atoms with E-state index >= 15 is 0 Å². The van der Waals surface area contributed by atoms with Gasteiger partial charge in [-0.15, -0.1) is 0 Å². The zero-order valence-electron chi connectivity index (χ0n) is 14.6. The van der Waals surface area contributed by atoms with Gasteiger partial charge in [-0.1, -0.05) is 37.8 Å². The van der Waals surface area contributed by atoms with E-state index in [4.69, 9.17) is 0 Å². The lowest BCUT2D eigenvalue weighted by Gasteiger charge is -2.26. The predicted molar refractivity (Wildman–Crippen MR) is 103 cm³/mol. The molecule has 25 heavy (non-hydrogen) atoms. The summed E-state index contributed by atoms with van der Waals surface area (Å²) in [6.45, 7) is 0.792. The first kappa shape index (κ1) is 16.4. The van der Waals surface area contributed by atoms with E-state index in [1.54, 1.807) is 0 Å². The Balaban J connectivity index is 1.42. The van der Waals surface area contributed by atoms with Crippen molar-refractivity contribution in [2.75, 3.05) is 17.2 Å². The molecular formula is C21H26N2O2. The smallest absolute Gasteiger partial charge is 0.253 e. The van der Waals surface area contributed by atoms with E-state index < -0.39 is 5.43 Å². The fraction of sp³-hybridized carbons (Fsp3) is 0.524. The average molecular weight is 338 g/mol. The Kier molecular flexibility index (Phi) is 4.60. The van der Waals surface area contributed by atoms with Crippen molar-refractivity contribution in [3.05, 3.63) is 50.3 Å². The van der Waals surface area contributed by atoms with Gasteiger partial charge < -0.3 is 10.6 Å². The highest BCUT2D eigenvalue weighted by molar-refractivity contribution is 5.78. The van der Waals surface area contributed by atoms with E-state index in [9.17, 15) is 9.59 Å². The van der Waals surface area contributed by atoms with Crippen LogP contribution in [0.5, 0.6) is 0 Å². The van der Waals surface area contributed by atoms with E-state index in [0.29, 0.717) is 23.2 Å². The SMILES string of the molecule is O=c1c(NCC2CCC2)c(Nc2ccc(C3CCCCC3)cc2)c1=O. The summed E-state index contributed by atoms with van der Waals surface area (Å²) in [5, 5.41) is 6.33. The van der Waals surface area contributed by atoms with Crippen molar-refractivity contribution >= 4 is 17.1 Å². The first-order valence-corrected chi connectivity index (χ1v) is 9.66. The van der Waals surface area contributed by atoms with Gasteiger partial charge in [-0.25, -0.2) is 0 Å². The van der Waals surface area contributed by atoms with Crippen molar-refractivity contribution in [2.24, 2.45) is 5.92 Å². The van der Waals surface area contributed by atoms with E-state index in [1.807, 2.05) is 12.1 Å². The van der Waals surface area contributed by atoms with Crippen molar-refractivity contribution in [2.45, 2.75) is 57.3 Å². The van der Waals surface area contributed by atoms with Gasteiger partial charge in [0.25, 0.3) is 10.9 Å². The summed E-state index contributed by atoms with van der Waals surface area (Å²) in [6.07, 6.45) is 10.3. The van der Waals surface area contributed by atoms with Gasteiger partial charge in [-0.3, -0.25) is 9.59 Å². The minimum atomic E-state index is -0.410. The molecule has 0 unspecified atom stereocenters. The molecule has 0 atom stereocenters. The maximum Gasteiger partial charge on any atom is 0.253 e. The number of nitrogens with one attached hydrogen (secondary N) is 2. The van der Waals surface area contributed by atoms with Crippen LogP contribution in [0.2, 0.25) is 0 Å². The van der Waals surface area contributed by atoms with Crippen LogP contribution in [0.3, 0.4) is 0 Å². The fourth-order valence-electron chi connectivity index (χ4n) is 4.04. The van der Waals surface area contributed by atoms with Crippen LogP contribution in [0, 0.1) is 5.92 Å². The summed E-state index contributed by atoms with van der Waals surface area (Å²) in [7, 11) is 0. The molecule has 0 aromatic heterocycles. The molecule has 2 aromatic carbocycles. The molecule has 2 aliphatic rings. The average Bonchev–Trinajstić information content (AvgIpc) is 2.63. The van der Waals surface area contributed by atoms with Crippen LogP contribution in [0.4, 0.5) is 17.1 Å². The lowest BCUT2D eigenvalue weighted by Crippen LogP contribution is -2.38. The van der Waals surface area contributed by atoms with Crippen molar-refractivity contribution in [1.29, 1.82) is 0 Å². The van der Waals surface area contributed by atoms with Gasteiger partial charge in [0, 0.05) is 12.2 Å². The first-order valence-electron chi connectivity index (χ1n) is 9.66. The van der Waals surface area contributed by atoms with Crippen LogP contribution in [0.15, 0.2) is 33.9 Å². The van der Waals surface area contributed by atoms with Crippen LogP contribution in [0.25, 0.3) is 0 Å². The molecule has 4 rings (SSSR count). The minimum Gasteiger partial charge on any atom is -0.380 e. The molecule has 0 aliphatic heterocycles. The van der Waals surface area contributed by atoms with Crippen LogP contribution in [-0.4, -0.2) is 6.54 Å². The summed E-state index contributed by atoms with van der Waals surface area (Å²) in [4.78, 5) is 23.7. The largest absolute Gasteiger partial charge is 0.380 e. The van der Waals surface area contributed by atoms with Gasteiger partial charge in [0.1, 0.15) is 11.4 Å². The molecule has 0 radical (unpaired) electrons. The Bertz CT molecular complexity index is 792. The molecule has 2 saturated carbocycles. The molecule has 132 valence electrons. The molecule has 4 nitrogen and oxygen atoms in total. The van der Waals surface area contributed by atoms with Crippen molar-refractivity contribution in [3.63, 3.8) is 0 Å². The first-order chi connectivity index (χ1) is 12.2. The second-order valence-electron chi connectivity index (χ2n) is 7.67. The maximum absolute atomic E-state index is 11.9. The van der Waals surface area contributed by atoms with Gasteiger partial charge in [0.15, 0.2) is 0 Å². The van der Waals surface area contributed by atoms with E-state index in [0.717, 1.165) is 12.2 Å². The second kappa shape index (κ2) is 7.03. The van der Waals surface area contributed by atoms with E-state index in [2.05, 4.69) is 22.8 Å². The molecule has 2 N–H and O–H groups in total. The van der Waals surface area contributed by atoms with Crippen LogP contribution in [-0.2, 0) is 0 Å². The van der Waals surface area contributed by atoms with Crippen molar-refractivity contribution in [3.8, 4) is 0 Å². The number of anilines is 3. The fourth-order valence-corrected chi connectivity index (χ4v) is 4.04. The molecular weight excluding hydrogens is 312 g/mol. The molecule has 4 heteroatoms. The topological polar surface area (TPSA) is 58.2 Å². The summed E-state index contributed by atoms with van der Waals surface area (Å²) in [6, 6.07) is 8.36. The van der Waals surface area contributed by atoms with E-state index in [1.165, 1.54) is 56.9 Å². The third-order valence-corrected chi connectivity index (χ3v) is 5.96. The number of benzene rings is 1. The summed E-state index contributed by atoms with van der Waals surface area (Å²) >= 11 is 0. The lowest BCUT2D eigenvalue weighted by molar-refractivity contribution is 0.333. The number of hydrogen-bond acceptors (Lipinski definition) is 4. The molecule has 0 saturated heterocycles. The van der Waals surface area contributed by atoms with Gasteiger partial charge in [-0.05, 0) is 55.2 Å². The Hall–Kier alpha value is -2.10. The minimum absolute atomic E-state index is 0.388. The van der Waals surface area contributed by atoms with Crippen LogP contribution < -0.4 is 21.5 Å². The molecule has 2 fully saturated rings. The molecule has 0 spiro atoms. The van der Waals surface area contributed by atoms with Gasteiger partial charge in [0.2, 0.25) is 0 Å². The highest BCUT2D eigenvalue weighted by atomic mass is 16.2. The Labute approximate surface area is 148 Å². The highest BCUT2D eigenvalue weighted by Crippen LogP contribution is 2.33. The summed E-state index contributed by atoms with van der Waals surface area (Å²) in [5.74, 6) is 1.32. The number of rotatable bonds is 6. The number of hydrogen-bond donors (Lipinski definition) is 2. The highest BCUT2D eigenvalue weighted by Gasteiger charge is 2.24. The standard InChI is InChI=1S/C21H26N2O2/c24-20-18(22-13-14-5-4-6-14)19(21(20)25)23-17-11-9-16(10-12-17)15-7-2-1-3-8-15/h9-12,14-15,22-23H,1-8,13H2. The third-order valence-electron chi connectivity index (χ3n) is 5.96. The van der Waals surface area contributed by atoms with Crippen molar-refractivity contribution in [1.82, 2.24) is 0 Å². The predicted octanol–water partition coefficient (Wildman–Crippen LogP) is 4.29. The monoisotopic (exact) mass is 338 g/mol. The van der Waals surface area contributed by atoms with Crippen molar-refractivity contribution < 1.29 is 0 Å². The lowest BCUT2D eigenvalue weighted by atomic mass is 9.84. The van der Waals surface area contributed by atoms with Gasteiger partial charge in [0.05, 0.1) is 0 Å². The molecule has 0 bridgehead atoms. The van der Waals surface area contributed by atoms with Crippen LogP contribution in [0.1, 0.15) is 62.8 Å². The maximum atomic E-state index is 11.9. The van der Waals surface area contributed by atoms with E-state index in [-0.39, 0.29) is 5.43 Å². The quantitative estimate of drug-likeness (QED) is 0.772. The molecule has 2 aromatic rings. The molecule has 0 heterocycles. The second-order valence-corrected chi connectivity index (χ2v) is 7.67. The zero-order valence-corrected chi connectivity index (χ0v) is 14.6. The van der Waals surface area contributed by atoms with Gasteiger partial charge in [-0.2, -0.15) is 0 Å². The zero-order chi connectivity index (χ0) is 17.2. The Morgan fingerprint density at radius 3 is 2.12 bits per heavy atom. The molecule has 0 amide bonds. The summed E-state index contributed by atoms with van der Waals surface area (Å²) < 4.78 is 0. The molecule has 2 aliphatic carbocycles. The van der Waals surface area contributed by atoms with Gasteiger partial charge >= 0.3 is 0 Å². The Morgan fingerprint density at radius 2 is 1.48 bits per heavy atom. The summed E-state index contributed by atoms with van der Waals surface area (Å²) in [5.41, 5.74) is 2.35. The normalized spacial score (nSPS) is 18.9. The Morgan fingerprint density at radius 1 is 0.800 bits per heavy atom.